The first-order valence-corrected chi connectivity index (χ1v) is 6.59. The number of likely N-dealkylation sites (N-methyl/N-ethyl adjacent to an activating group) is 2. The smallest absolute Gasteiger partial charge is 0.0220 e. The third kappa shape index (κ3) is 6.16. The molecule has 92 valence electrons. The number of rotatable bonds is 9. The van der Waals surface area contributed by atoms with Crippen molar-refractivity contribution in [2.75, 3.05) is 20.1 Å². The van der Waals surface area contributed by atoms with Crippen LogP contribution < -0.4 is 5.32 Å². The SMILES string of the molecule is CCCC(C)N(C)C(CCC)CNCC. The van der Waals surface area contributed by atoms with Crippen LogP contribution in [0, 0.1) is 0 Å². The van der Waals surface area contributed by atoms with E-state index in [-0.39, 0.29) is 0 Å². The van der Waals surface area contributed by atoms with Gasteiger partial charge in [0.15, 0.2) is 0 Å². The van der Waals surface area contributed by atoms with Crippen LogP contribution in [0.15, 0.2) is 0 Å². The highest BCUT2D eigenvalue weighted by molar-refractivity contribution is 4.75. The summed E-state index contributed by atoms with van der Waals surface area (Å²) in [6.45, 7) is 11.3. The topological polar surface area (TPSA) is 15.3 Å². The zero-order valence-corrected chi connectivity index (χ0v) is 11.3. The first kappa shape index (κ1) is 14.9. The van der Waals surface area contributed by atoms with E-state index in [2.05, 4.69) is 45.0 Å². The van der Waals surface area contributed by atoms with Gasteiger partial charge in [-0.1, -0.05) is 33.6 Å². The van der Waals surface area contributed by atoms with E-state index in [0.29, 0.717) is 12.1 Å². The van der Waals surface area contributed by atoms with Crippen molar-refractivity contribution >= 4 is 0 Å². The first-order valence-electron chi connectivity index (χ1n) is 6.59. The summed E-state index contributed by atoms with van der Waals surface area (Å²) in [5.41, 5.74) is 0. The second kappa shape index (κ2) is 9.17. The fourth-order valence-electron chi connectivity index (χ4n) is 2.08. The Morgan fingerprint density at radius 2 is 1.67 bits per heavy atom. The predicted molar refractivity (Wildman–Crippen MR) is 69.4 cm³/mol. The molecule has 0 aromatic carbocycles. The number of nitrogens with one attached hydrogen (secondary N) is 1. The molecule has 0 aliphatic heterocycles. The zero-order chi connectivity index (χ0) is 11.7. The molecule has 0 aromatic heterocycles. The average molecular weight is 214 g/mol. The Balaban J connectivity index is 4.06. The highest BCUT2D eigenvalue weighted by Gasteiger charge is 2.17. The van der Waals surface area contributed by atoms with E-state index < -0.39 is 0 Å². The van der Waals surface area contributed by atoms with Gasteiger partial charge in [-0.05, 0) is 33.4 Å². The monoisotopic (exact) mass is 214 g/mol. The van der Waals surface area contributed by atoms with Gasteiger partial charge in [0.2, 0.25) is 0 Å². The van der Waals surface area contributed by atoms with Crippen LogP contribution in [-0.4, -0.2) is 37.1 Å². The second-order valence-electron chi connectivity index (χ2n) is 4.55. The predicted octanol–water partition coefficient (Wildman–Crippen LogP) is 2.89. The zero-order valence-electron chi connectivity index (χ0n) is 11.3. The summed E-state index contributed by atoms with van der Waals surface area (Å²) in [6, 6.07) is 1.42. The Morgan fingerprint density at radius 1 is 1.07 bits per heavy atom. The van der Waals surface area contributed by atoms with Crippen molar-refractivity contribution < 1.29 is 0 Å². The Kier molecular flexibility index (Phi) is 9.12. The van der Waals surface area contributed by atoms with E-state index in [4.69, 9.17) is 0 Å². The van der Waals surface area contributed by atoms with Crippen LogP contribution in [0.4, 0.5) is 0 Å². The van der Waals surface area contributed by atoms with Crippen LogP contribution in [-0.2, 0) is 0 Å². The van der Waals surface area contributed by atoms with Gasteiger partial charge in [-0.3, -0.25) is 4.90 Å². The highest BCUT2D eigenvalue weighted by atomic mass is 15.2. The fraction of sp³-hybridized carbons (Fsp3) is 1.00. The van der Waals surface area contributed by atoms with Gasteiger partial charge in [0.05, 0.1) is 0 Å². The van der Waals surface area contributed by atoms with Gasteiger partial charge in [0, 0.05) is 18.6 Å². The van der Waals surface area contributed by atoms with Crippen LogP contribution in [0.25, 0.3) is 0 Å². The highest BCUT2D eigenvalue weighted by Crippen LogP contribution is 2.11. The van der Waals surface area contributed by atoms with E-state index >= 15 is 0 Å². The average Bonchev–Trinajstić information content (AvgIpc) is 2.23. The van der Waals surface area contributed by atoms with Crippen LogP contribution in [0.1, 0.15) is 53.4 Å². The minimum absolute atomic E-state index is 0.705. The van der Waals surface area contributed by atoms with E-state index in [0.717, 1.165) is 13.1 Å². The minimum atomic E-state index is 0.705. The van der Waals surface area contributed by atoms with E-state index in [1.807, 2.05) is 0 Å². The van der Waals surface area contributed by atoms with Crippen molar-refractivity contribution in [2.45, 2.75) is 65.5 Å². The summed E-state index contributed by atoms with van der Waals surface area (Å²) in [5.74, 6) is 0. The molecule has 0 heterocycles. The molecule has 0 aliphatic rings. The molecule has 2 heteroatoms. The molecular weight excluding hydrogens is 184 g/mol. The lowest BCUT2D eigenvalue weighted by Crippen LogP contribution is -2.44. The molecule has 0 amide bonds. The quantitative estimate of drug-likeness (QED) is 0.635. The molecule has 0 radical (unpaired) electrons. The van der Waals surface area contributed by atoms with Crippen molar-refractivity contribution in [1.29, 1.82) is 0 Å². The largest absolute Gasteiger partial charge is 0.315 e. The van der Waals surface area contributed by atoms with Gasteiger partial charge >= 0.3 is 0 Å². The van der Waals surface area contributed by atoms with E-state index in [1.54, 1.807) is 0 Å². The van der Waals surface area contributed by atoms with E-state index in [1.165, 1.54) is 25.7 Å². The van der Waals surface area contributed by atoms with Gasteiger partial charge < -0.3 is 5.32 Å². The maximum absolute atomic E-state index is 3.47. The fourth-order valence-corrected chi connectivity index (χ4v) is 2.08. The Hall–Kier alpha value is -0.0800. The van der Waals surface area contributed by atoms with Crippen LogP contribution in [0.2, 0.25) is 0 Å². The van der Waals surface area contributed by atoms with Crippen molar-refractivity contribution in [3.05, 3.63) is 0 Å². The number of hydrogen-bond donors (Lipinski definition) is 1. The summed E-state index contributed by atoms with van der Waals surface area (Å²) >= 11 is 0. The van der Waals surface area contributed by atoms with Crippen molar-refractivity contribution in [2.24, 2.45) is 0 Å². The van der Waals surface area contributed by atoms with Gasteiger partial charge in [0.1, 0.15) is 0 Å². The lowest BCUT2D eigenvalue weighted by atomic mass is 10.1. The molecule has 15 heavy (non-hydrogen) atoms. The molecule has 1 N–H and O–H groups in total. The second-order valence-corrected chi connectivity index (χ2v) is 4.55. The summed E-state index contributed by atoms with van der Waals surface area (Å²) in [5, 5.41) is 3.47. The Morgan fingerprint density at radius 3 is 2.13 bits per heavy atom. The van der Waals surface area contributed by atoms with Gasteiger partial charge in [-0.2, -0.15) is 0 Å². The van der Waals surface area contributed by atoms with Crippen LogP contribution >= 0.6 is 0 Å². The number of nitrogens with zero attached hydrogens (tertiary/aromatic N) is 1. The Labute approximate surface area is 96.4 Å². The number of hydrogen-bond acceptors (Lipinski definition) is 2. The molecule has 0 saturated heterocycles. The molecular formula is C13H30N2. The molecule has 0 rings (SSSR count). The van der Waals surface area contributed by atoms with E-state index in [9.17, 15) is 0 Å². The molecule has 0 fully saturated rings. The molecule has 0 bridgehead atoms. The summed E-state index contributed by atoms with van der Waals surface area (Å²) in [4.78, 5) is 2.55. The first-order chi connectivity index (χ1) is 7.17. The molecule has 0 aromatic rings. The Bertz CT molecular complexity index is 136. The minimum Gasteiger partial charge on any atom is -0.315 e. The normalized spacial score (nSPS) is 15.6. The lowest BCUT2D eigenvalue weighted by Gasteiger charge is -2.33. The standard InChI is InChI=1S/C13H30N2/c1-6-9-12(4)15(5)13(10-7-2)11-14-8-3/h12-14H,6-11H2,1-5H3. The lowest BCUT2D eigenvalue weighted by molar-refractivity contribution is 0.163. The summed E-state index contributed by atoms with van der Waals surface area (Å²) in [6.07, 6.45) is 5.17. The third-order valence-electron chi connectivity index (χ3n) is 3.23. The van der Waals surface area contributed by atoms with Crippen LogP contribution in [0.5, 0.6) is 0 Å². The third-order valence-corrected chi connectivity index (χ3v) is 3.23. The van der Waals surface area contributed by atoms with Crippen LogP contribution in [0.3, 0.4) is 0 Å². The van der Waals surface area contributed by atoms with Crippen molar-refractivity contribution in [3.63, 3.8) is 0 Å². The maximum atomic E-state index is 3.47. The van der Waals surface area contributed by atoms with Gasteiger partial charge in [-0.15, -0.1) is 0 Å². The molecule has 2 atom stereocenters. The molecule has 0 aliphatic carbocycles. The molecule has 2 unspecified atom stereocenters. The summed E-state index contributed by atoms with van der Waals surface area (Å²) in [7, 11) is 2.28. The van der Waals surface area contributed by atoms with Gasteiger partial charge in [0.25, 0.3) is 0 Å². The molecule has 0 saturated carbocycles. The van der Waals surface area contributed by atoms with Crippen molar-refractivity contribution in [1.82, 2.24) is 10.2 Å². The van der Waals surface area contributed by atoms with Crippen molar-refractivity contribution in [3.8, 4) is 0 Å². The maximum Gasteiger partial charge on any atom is 0.0220 e. The molecule has 0 spiro atoms. The van der Waals surface area contributed by atoms with Gasteiger partial charge in [-0.25, -0.2) is 0 Å². The summed E-state index contributed by atoms with van der Waals surface area (Å²) < 4.78 is 0. The molecule has 2 nitrogen and oxygen atoms in total.